The van der Waals surface area contributed by atoms with Gasteiger partial charge in [-0.1, -0.05) is 36.8 Å². The van der Waals surface area contributed by atoms with Crippen LogP contribution in [-0.2, 0) is 9.47 Å². The van der Waals surface area contributed by atoms with E-state index in [1.54, 1.807) is 0 Å². The van der Waals surface area contributed by atoms with Crippen LogP contribution in [0.15, 0.2) is 36.4 Å². The van der Waals surface area contributed by atoms with Crippen molar-refractivity contribution in [2.24, 2.45) is 0 Å². The van der Waals surface area contributed by atoms with Gasteiger partial charge in [0.25, 0.3) is 5.91 Å². The molecule has 4 rings (SSSR count). The zero-order valence-corrected chi connectivity index (χ0v) is 15.8. The molecule has 1 unspecified atom stereocenters. The van der Waals surface area contributed by atoms with Crippen molar-refractivity contribution in [2.75, 3.05) is 19.8 Å². The van der Waals surface area contributed by atoms with Gasteiger partial charge in [0, 0.05) is 19.4 Å². The molecule has 1 atom stereocenters. The lowest BCUT2D eigenvalue weighted by molar-refractivity contribution is -0.186. The first-order valence-corrected chi connectivity index (χ1v) is 9.95. The molecule has 0 radical (unpaired) electrons. The predicted molar refractivity (Wildman–Crippen MR) is 104 cm³/mol. The normalized spacial score (nSPS) is 21.4. The van der Waals surface area contributed by atoms with Crippen LogP contribution in [0.3, 0.4) is 0 Å². The van der Waals surface area contributed by atoms with Crippen LogP contribution in [0.1, 0.15) is 49.4 Å². The standard InChI is InChI=1S/C22H27NO4/c1-2-25-19-11-10-16-8-4-5-9-18(16)20(19)21(24)23-14-17-15-26-22(27-17)12-6-3-7-13-22/h4-5,8-11,17H,2-3,6-7,12-15H2,1H3,(H,23,24). The molecule has 1 aliphatic heterocycles. The number of benzene rings is 2. The van der Waals surface area contributed by atoms with Crippen molar-refractivity contribution in [3.63, 3.8) is 0 Å². The van der Waals surface area contributed by atoms with Gasteiger partial charge in [-0.25, -0.2) is 0 Å². The number of fused-ring (bicyclic) bond motifs is 1. The molecule has 1 saturated carbocycles. The smallest absolute Gasteiger partial charge is 0.255 e. The van der Waals surface area contributed by atoms with Crippen LogP contribution in [-0.4, -0.2) is 37.6 Å². The molecule has 5 heteroatoms. The molecule has 0 bridgehead atoms. The average molecular weight is 369 g/mol. The van der Waals surface area contributed by atoms with E-state index in [1.165, 1.54) is 6.42 Å². The van der Waals surface area contributed by atoms with Gasteiger partial charge < -0.3 is 19.5 Å². The van der Waals surface area contributed by atoms with E-state index in [0.717, 1.165) is 36.5 Å². The topological polar surface area (TPSA) is 56.8 Å². The number of hydrogen-bond donors (Lipinski definition) is 1. The van der Waals surface area contributed by atoms with E-state index in [1.807, 2.05) is 43.3 Å². The zero-order valence-electron chi connectivity index (χ0n) is 15.8. The third-order valence-corrected chi connectivity index (χ3v) is 5.44. The lowest BCUT2D eigenvalue weighted by Crippen LogP contribution is -2.37. The van der Waals surface area contributed by atoms with Gasteiger partial charge in [0.15, 0.2) is 5.79 Å². The zero-order chi connectivity index (χ0) is 18.7. The number of carbonyl (C=O) groups excluding carboxylic acids is 1. The van der Waals surface area contributed by atoms with Crippen LogP contribution in [0, 0.1) is 0 Å². The van der Waals surface area contributed by atoms with Gasteiger partial charge in [-0.2, -0.15) is 0 Å². The van der Waals surface area contributed by atoms with Crippen LogP contribution in [0.4, 0.5) is 0 Å². The van der Waals surface area contributed by atoms with Gasteiger partial charge in [-0.05, 0) is 36.6 Å². The molecule has 5 nitrogen and oxygen atoms in total. The first kappa shape index (κ1) is 18.3. The maximum atomic E-state index is 13.0. The fourth-order valence-corrected chi connectivity index (χ4v) is 4.13. The van der Waals surface area contributed by atoms with Crippen molar-refractivity contribution in [3.05, 3.63) is 42.0 Å². The number of rotatable bonds is 5. The number of ether oxygens (including phenoxy) is 3. The highest BCUT2D eigenvalue weighted by Gasteiger charge is 2.42. The lowest BCUT2D eigenvalue weighted by Gasteiger charge is -2.31. The quantitative estimate of drug-likeness (QED) is 0.864. The summed E-state index contributed by atoms with van der Waals surface area (Å²) in [6.45, 7) is 3.41. The van der Waals surface area contributed by atoms with Crippen molar-refractivity contribution >= 4 is 16.7 Å². The second kappa shape index (κ2) is 7.87. The van der Waals surface area contributed by atoms with Crippen LogP contribution >= 0.6 is 0 Å². The van der Waals surface area contributed by atoms with Crippen LogP contribution in [0.5, 0.6) is 5.75 Å². The summed E-state index contributed by atoms with van der Waals surface area (Å²) in [7, 11) is 0. The van der Waals surface area contributed by atoms with Gasteiger partial charge in [-0.15, -0.1) is 0 Å². The minimum atomic E-state index is -0.413. The Hall–Kier alpha value is -2.11. The summed E-state index contributed by atoms with van der Waals surface area (Å²) in [5, 5.41) is 4.95. The summed E-state index contributed by atoms with van der Waals surface area (Å²) in [6.07, 6.45) is 5.35. The molecule has 1 amide bonds. The van der Waals surface area contributed by atoms with Gasteiger partial charge in [-0.3, -0.25) is 4.79 Å². The number of amides is 1. The molecule has 2 fully saturated rings. The van der Waals surface area contributed by atoms with E-state index in [2.05, 4.69) is 5.32 Å². The summed E-state index contributed by atoms with van der Waals surface area (Å²) in [5.41, 5.74) is 0.584. The first-order chi connectivity index (χ1) is 13.2. The van der Waals surface area contributed by atoms with Crippen molar-refractivity contribution in [2.45, 2.75) is 50.9 Å². The molecule has 1 N–H and O–H groups in total. The third kappa shape index (κ3) is 3.80. The van der Waals surface area contributed by atoms with E-state index in [9.17, 15) is 4.79 Å². The maximum absolute atomic E-state index is 13.0. The summed E-state index contributed by atoms with van der Waals surface area (Å²) in [5.74, 6) is 0.0633. The van der Waals surface area contributed by atoms with Crippen LogP contribution in [0.2, 0.25) is 0 Å². The Kier molecular flexibility index (Phi) is 5.32. The molecule has 1 saturated heterocycles. The van der Waals surface area contributed by atoms with Gasteiger partial charge >= 0.3 is 0 Å². The van der Waals surface area contributed by atoms with E-state index >= 15 is 0 Å². The molecule has 2 aromatic rings. The second-order valence-corrected chi connectivity index (χ2v) is 7.33. The summed E-state index contributed by atoms with van der Waals surface area (Å²) < 4.78 is 17.9. The minimum Gasteiger partial charge on any atom is -0.493 e. The Morgan fingerprint density at radius 3 is 2.81 bits per heavy atom. The summed E-state index contributed by atoms with van der Waals surface area (Å²) >= 11 is 0. The average Bonchev–Trinajstić information content (AvgIpc) is 3.09. The fraction of sp³-hybridized carbons (Fsp3) is 0.500. The van der Waals surface area contributed by atoms with Crippen molar-refractivity contribution in [3.8, 4) is 5.75 Å². The van der Waals surface area contributed by atoms with Crippen molar-refractivity contribution in [1.82, 2.24) is 5.32 Å². The Morgan fingerprint density at radius 1 is 1.19 bits per heavy atom. The van der Waals surface area contributed by atoms with Crippen LogP contribution in [0.25, 0.3) is 10.8 Å². The number of carbonyl (C=O) groups is 1. The van der Waals surface area contributed by atoms with Gasteiger partial charge in [0.1, 0.15) is 11.9 Å². The van der Waals surface area contributed by atoms with E-state index in [4.69, 9.17) is 14.2 Å². The Morgan fingerprint density at radius 2 is 2.00 bits per heavy atom. The van der Waals surface area contributed by atoms with Crippen molar-refractivity contribution in [1.29, 1.82) is 0 Å². The first-order valence-electron chi connectivity index (χ1n) is 9.95. The fourth-order valence-electron chi connectivity index (χ4n) is 4.13. The highest BCUT2D eigenvalue weighted by molar-refractivity contribution is 6.09. The number of nitrogens with one attached hydrogen (secondary N) is 1. The number of hydrogen-bond acceptors (Lipinski definition) is 4. The molecule has 1 spiro atoms. The van der Waals surface area contributed by atoms with Gasteiger partial charge in [0.2, 0.25) is 0 Å². The molecular weight excluding hydrogens is 342 g/mol. The van der Waals surface area contributed by atoms with Crippen molar-refractivity contribution < 1.29 is 19.0 Å². The Labute approximate surface area is 160 Å². The monoisotopic (exact) mass is 369 g/mol. The largest absolute Gasteiger partial charge is 0.493 e. The summed E-state index contributed by atoms with van der Waals surface area (Å²) in [6, 6.07) is 11.7. The Balaban J connectivity index is 1.47. The summed E-state index contributed by atoms with van der Waals surface area (Å²) in [4.78, 5) is 13.0. The van der Waals surface area contributed by atoms with Gasteiger partial charge in [0.05, 0.1) is 18.8 Å². The highest BCUT2D eigenvalue weighted by Crippen LogP contribution is 2.37. The molecule has 1 heterocycles. The van der Waals surface area contributed by atoms with Crippen LogP contribution < -0.4 is 10.1 Å². The molecule has 1 aliphatic carbocycles. The minimum absolute atomic E-state index is 0.0995. The molecule has 27 heavy (non-hydrogen) atoms. The Bertz CT molecular complexity index is 813. The molecule has 0 aromatic heterocycles. The molecule has 144 valence electrons. The predicted octanol–water partition coefficient (Wildman–Crippen LogP) is 4.04. The van der Waals surface area contributed by atoms with E-state index < -0.39 is 5.79 Å². The maximum Gasteiger partial charge on any atom is 0.255 e. The lowest BCUT2D eigenvalue weighted by atomic mass is 9.94. The molecule has 2 aliphatic rings. The SMILES string of the molecule is CCOc1ccc2ccccc2c1C(=O)NCC1COC2(CCCCC2)O1. The van der Waals surface area contributed by atoms with E-state index in [-0.39, 0.29) is 12.0 Å². The third-order valence-electron chi connectivity index (χ3n) is 5.44. The molecular formula is C22H27NO4. The molecule has 2 aromatic carbocycles. The van der Waals surface area contributed by atoms with E-state index in [0.29, 0.717) is 31.1 Å². The second-order valence-electron chi connectivity index (χ2n) is 7.33. The highest BCUT2D eigenvalue weighted by atomic mass is 16.7.